The fraction of sp³-hybridized carbons (Fsp3) is 1.00. The van der Waals surface area contributed by atoms with Gasteiger partial charge in [0.1, 0.15) is 0 Å². The summed E-state index contributed by atoms with van der Waals surface area (Å²) in [6, 6.07) is 0.631. The molecule has 0 saturated heterocycles. The molecule has 0 aliphatic heterocycles. The topological polar surface area (TPSA) is 12.0 Å². The van der Waals surface area contributed by atoms with Crippen LogP contribution < -0.4 is 5.32 Å². The molecule has 9 heavy (non-hydrogen) atoms. The van der Waals surface area contributed by atoms with E-state index in [0.717, 1.165) is 5.92 Å². The van der Waals surface area contributed by atoms with Crippen molar-refractivity contribution in [2.24, 2.45) is 5.92 Å². The Morgan fingerprint density at radius 3 is 2.22 bits per heavy atom. The molecule has 0 radical (unpaired) electrons. The Kier molecular flexibility index (Phi) is 2.06. The van der Waals surface area contributed by atoms with Gasteiger partial charge in [0, 0.05) is 6.04 Å². The first-order valence-corrected chi connectivity index (χ1v) is 4.59. The fourth-order valence-corrected chi connectivity index (χ4v) is 2.35. The molecule has 1 N–H and O–H groups in total. The Bertz CT molecular complexity index is 113. The maximum Gasteiger partial charge on any atom is 0.0737 e. The highest BCUT2D eigenvalue weighted by molar-refractivity contribution is 14.1. The van der Waals surface area contributed by atoms with Gasteiger partial charge in [-0.1, -0.05) is 29.5 Å². The second-order valence-electron chi connectivity index (χ2n) is 3.27. The molecule has 0 aromatic heterocycles. The highest BCUT2D eigenvalue weighted by atomic mass is 127. The third-order valence-electron chi connectivity index (χ3n) is 1.75. The van der Waals surface area contributed by atoms with Crippen LogP contribution in [0.25, 0.3) is 0 Å². The Hall–Kier alpha value is 0.690. The molecule has 0 heterocycles. The van der Waals surface area contributed by atoms with Crippen LogP contribution in [-0.2, 0) is 0 Å². The van der Waals surface area contributed by atoms with Gasteiger partial charge in [-0.2, -0.15) is 0 Å². The van der Waals surface area contributed by atoms with Crippen molar-refractivity contribution in [3.05, 3.63) is 0 Å². The van der Waals surface area contributed by atoms with Crippen molar-refractivity contribution < 1.29 is 0 Å². The fourth-order valence-electron chi connectivity index (χ4n) is 1.07. The van der Waals surface area contributed by atoms with E-state index in [-0.39, 0.29) is 0 Å². The van der Waals surface area contributed by atoms with E-state index in [0.29, 0.717) is 9.59 Å². The van der Waals surface area contributed by atoms with Gasteiger partial charge in [0.05, 0.1) is 3.55 Å². The van der Waals surface area contributed by atoms with Crippen LogP contribution in [0.3, 0.4) is 0 Å². The van der Waals surface area contributed by atoms with Crippen molar-refractivity contribution in [1.29, 1.82) is 0 Å². The summed E-state index contributed by atoms with van der Waals surface area (Å²) in [4.78, 5) is 0. The predicted octanol–water partition coefficient (Wildman–Crippen LogP) is 2.16. The summed E-state index contributed by atoms with van der Waals surface area (Å²) in [5.74, 6) is 0.875. The second kappa shape index (κ2) is 2.38. The molecule has 1 rings (SSSR count). The van der Waals surface area contributed by atoms with Crippen molar-refractivity contribution in [1.82, 2.24) is 5.32 Å². The van der Waals surface area contributed by atoms with Crippen molar-refractivity contribution in [3.63, 3.8) is 0 Å². The standard InChI is InChI=1S/C7H14IN/c1-5(2)9-7(8)4-6(7)3/h5-6,9H,4H2,1-3H3. The summed E-state index contributed by atoms with van der Waals surface area (Å²) in [5, 5.41) is 3.53. The Balaban J connectivity index is 2.29. The molecule has 0 spiro atoms. The lowest BCUT2D eigenvalue weighted by Crippen LogP contribution is -2.32. The van der Waals surface area contributed by atoms with Gasteiger partial charge in [-0.15, -0.1) is 0 Å². The SMILES string of the molecule is CC(C)NC1(I)CC1C. The van der Waals surface area contributed by atoms with Crippen molar-refractivity contribution in [2.45, 2.75) is 36.8 Å². The van der Waals surface area contributed by atoms with Gasteiger partial charge in [0.15, 0.2) is 0 Å². The molecule has 1 fully saturated rings. The smallest absolute Gasteiger partial charge is 0.0737 e. The van der Waals surface area contributed by atoms with Gasteiger partial charge in [-0.25, -0.2) is 0 Å². The van der Waals surface area contributed by atoms with Gasteiger partial charge in [-0.05, 0) is 26.2 Å². The Labute approximate surface area is 70.7 Å². The number of halogens is 1. The van der Waals surface area contributed by atoms with Crippen LogP contribution in [0.15, 0.2) is 0 Å². The quantitative estimate of drug-likeness (QED) is 0.442. The van der Waals surface area contributed by atoms with Crippen LogP contribution in [0, 0.1) is 5.92 Å². The average Bonchev–Trinajstić information content (AvgIpc) is 2.10. The van der Waals surface area contributed by atoms with Crippen LogP contribution >= 0.6 is 22.6 Å². The first-order valence-electron chi connectivity index (χ1n) is 3.51. The molecule has 1 aliphatic rings. The minimum Gasteiger partial charge on any atom is -0.300 e. The molecule has 0 aromatic rings. The zero-order valence-corrected chi connectivity index (χ0v) is 8.40. The number of nitrogens with one attached hydrogen (secondary N) is 1. The van der Waals surface area contributed by atoms with Gasteiger partial charge < -0.3 is 5.32 Å². The summed E-state index contributed by atoms with van der Waals surface area (Å²) >= 11 is 2.52. The number of rotatable bonds is 2. The molecule has 0 bridgehead atoms. The summed E-state index contributed by atoms with van der Waals surface area (Å²) in [7, 11) is 0. The highest BCUT2D eigenvalue weighted by Gasteiger charge is 2.48. The summed E-state index contributed by atoms with van der Waals surface area (Å²) in [5.41, 5.74) is 0. The predicted molar refractivity (Wildman–Crippen MR) is 48.8 cm³/mol. The minimum atomic E-state index is 0.450. The molecule has 1 nitrogen and oxygen atoms in total. The monoisotopic (exact) mass is 239 g/mol. The molecular weight excluding hydrogens is 225 g/mol. The number of hydrogen-bond donors (Lipinski definition) is 1. The van der Waals surface area contributed by atoms with Crippen LogP contribution in [0.1, 0.15) is 27.2 Å². The number of hydrogen-bond acceptors (Lipinski definition) is 1. The van der Waals surface area contributed by atoms with Crippen molar-refractivity contribution in [2.75, 3.05) is 0 Å². The van der Waals surface area contributed by atoms with Crippen molar-refractivity contribution in [3.8, 4) is 0 Å². The van der Waals surface area contributed by atoms with E-state index in [2.05, 4.69) is 48.7 Å². The minimum absolute atomic E-state index is 0.450. The zero-order chi connectivity index (χ0) is 7.07. The van der Waals surface area contributed by atoms with E-state index in [9.17, 15) is 0 Å². The lowest BCUT2D eigenvalue weighted by Gasteiger charge is -2.13. The van der Waals surface area contributed by atoms with Crippen molar-refractivity contribution >= 4 is 22.6 Å². The molecule has 0 amide bonds. The number of alkyl halides is 1. The zero-order valence-electron chi connectivity index (χ0n) is 6.24. The molecule has 1 saturated carbocycles. The lowest BCUT2D eigenvalue weighted by atomic mass is 10.4. The van der Waals surface area contributed by atoms with E-state index in [1.807, 2.05) is 0 Å². The second-order valence-corrected chi connectivity index (χ2v) is 5.19. The molecule has 1 aliphatic carbocycles. The first-order chi connectivity index (χ1) is 4.04. The highest BCUT2D eigenvalue weighted by Crippen LogP contribution is 2.48. The summed E-state index contributed by atoms with van der Waals surface area (Å²) in [6.07, 6.45) is 1.34. The molecule has 2 heteroatoms. The summed E-state index contributed by atoms with van der Waals surface area (Å²) in [6.45, 7) is 6.69. The normalized spacial score (nSPS) is 41.7. The van der Waals surface area contributed by atoms with E-state index >= 15 is 0 Å². The summed E-state index contributed by atoms with van der Waals surface area (Å²) < 4.78 is 0.450. The molecule has 54 valence electrons. The van der Waals surface area contributed by atoms with Crippen LogP contribution in [0.2, 0.25) is 0 Å². The van der Waals surface area contributed by atoms with E-state index in [1.54, 1.807) is 0 Å². The van der Waals surface area contributed by atoms with E-state index < -0.39 is 0 Å². The maximum absolute atomic E-state index is 3.53. The largest absolute Gasteiger partial charge is 0.300 e. The van der Waals surface area contributed by atoms with Crippen LogP contribution in [0.4, 0.5) is 0 Å². The third kappa shape index (κ3) is 1.80. The molecule has 0 aromatic carbocycles. The Morgan fingerprint density at radius 1 is 1.67 bits per heavy atom. The molecular formula is C7H14IN. The first kappa shape index (κ1) is 7.79. The molecule has 2 unspecified atom stereocenters. The van der Waals surface area contributed by atoms with Crippen LogP contribution in [-0.4, -0.2) is 9.59 Å². The maximum atomic E-state index is 3.53. The van der Waals surface area contributed by atoms with E-state index in [1.165, 1.54) is 6.42 Å². The Morgan fingerprint density at radius 2 is 2.11 bits per heavy atom. The van der Waals surface area contributed by atoms with E-state index in [4.69, 9.17) is 0 Å². The van der Waals surface area contributed by atoms with Gasteiger partial charge in [0.2, 0.25) is 0 Å². The van der Waals surface area contributed by atoms with Gasteiger partial charge in [0.25, 0.3) is 0 Å². The average molecular weight is 239 g/mol. The lowest BCUT2D eigenvalue weighted by molar-refractivity contribution is 0.551. The molecule has 2 atom stereocenters. The van der Waals surface area contributed by atoms with Crippen LogP contribution in [0.5, 0.6) is 0 Å². The third-order valence-corrected chi connectivity index (χ3v) is 3.57. The van der Waals surface area contributed by atoms with Gasteiger partial charge in [-0.3, -0.25) is 0 Å². The van der Waals surface area contributed by atoms with Gasteiger partial charge >= 0.3 is 0 Å².